The van der Waals surface area contributed by atoms with Crippen molar-refractivity contribution < 1.29 is 18.7 Å². The maximum Gasteiger partial charge on any atom is 0.255 e. The third-order valence-electron chi connectivity index (χ3n) is 3.43. The molecule has 0 aromatic heterocycles. The van der Waals surface area contributed by atoms with E-state index in [-0.39, 0.29) is 12.4 Å². The minimum Gasteiger partial charge on any atom is -0.493 e. The standard InChI is InChI=1S/C18H21FN2O3/c1-23-17-10-14(4-7-16(17)24-12-18(20)22)11-21-9-8-13-2-5-15(19)6-3-13/h2-7,10,21H,8-9,11-12H2,1H3,(H2,20,22). The zero-order valence-electron chi connectivity index (χ0n) is 13.5. The molecule has 0 aliphatic carbocycles. The summed E-state index contributed by atoms with van der Waals surface area (Å²) >= 11 is 0. The summed E-state index contributed by atoms with van der Waals surface area (Å²) in [5, 5.41) is 3.32. The largest absolute Gasteiger partial charge is 0.493 e. The molecule has 0 aliphatic rings. The first kappa shape index (κ1) is 17.7. The van der Waals surface area contributed by atoms with Crippen LogP contribution in [0.5, 0.6) is 11.5 Å². The van der Waals surface area contributed by atoms with Crippen LogP contribution < -0.4 is 20.5 Å². The molecule has 5 nitrogen and oxygen atoms in total. The Labute approximate surface area is 140 Å². The molecule has 0 heterocycles. The summed E-state index contributed by atoms with van der Waals surface area (Å²) in [4.78, 5) is 10.8. The summed E-state index contributed by atoms with van der Waals surface area (Å²) in [6.07, 6.45) is 0.817. The fourth-order valence-corrected chi connectivity index (χ4v) is 2.21. The van der Waals surface area contributed by atoms with Crippen molar-refractivity contribution in [3.8, 4) is 11.5 Å². The smallest absolute Gasteiger partial charge is 0.255 e. The zero-order chi connectivity index (χ0) is 17.4. The van der Waals surface area contributed by atoms with Crippen molar-refractivity contribution in [1.82, 2.24) is 5.32 Å². The first-order valence-electron chi connectivity index (χ1n) is 7.61. The summed E-state index contributed by atoms with van der Waals surface area (Å²) in [7, 11) is 1.54. The van der Waals surface area contributed by atoms with Crippen LogP contribution in [0.15, 0.2) is 42.5 Å². The first-order chi connectivity index (χ1) is 11.6. The van der Waals surface area contributed by atoms with E-state index in [1.54, 1.807) is 18.2 Å². The van der Waals surface area contributed by atoms with Crippen LogP contribution in [0.3, 0.4) is 0 Å². The molecule has 0 saturated heterocycles. The number of carbonyl (C=O) groups is 1. The van der Waals surface area contributed by atoms with Gasteiger partial charge in [-0.15, -0.1) is 0 Å². The van der Waals surface area contributed by atoms with E-state index >= 15 is 0 Å². The van der Waals surface area contributed by atoms with Gasteiger partial charge in [-0.2, -0.15) is 0 Å². The molecule has 0 spiro atoms. The number of ether oxygens (including phenoxy) is 2. The highest BCUT2D eigenvalue weighted by molar-refractivity contribution is 5.75. The molecule has 3 N–H and O–H groups in total. The number of nitrogens with one attached hydrogen (secondary N) is 1. The number of methoxy groups -OCH3 is 1. The summed E-state index contributed by atoms with van der Waals surface area (Å²) < 4.78 is 23.4. The number of benzene rings is 2. The van der Waals surface area contributed by atoms with Crippen LogP contribution in [0, 0.1) is 5.82 Å². The van der Waals surface area contributed by atoms with Gasteiger partial charge in [-0.25, -0.2) is 4.39 Å². The number of carbonyl (C=O) groups excluding carboxylic acids is 1. The van der Waals surface area contributed by atoms with Gasteiger partial charge in [0.1, 0.15) is 5.82 Å². The first-order valence-corrected chi connectivity index (χ1v) is 7.61. The van der Waals surface area contributed by atoms with E-state index in [4.69, 9.17) is 15.2 Å². The maximum atomic E-state index is 12.8. The number of rotatable bonds is 9. The van der Waals surface area contributed by atoms with E-state index in [9.17, 15) is 9.18 Å². The molecule has 2 aromatic rings. The number of hydrogen-bond acceptors (Lipinski definition) is 4. The Hall–Kier alpha value is -2.60. The van der Waals surface area contributed by atoms with Crippen molar-refractivity contribution in [2.75, 3.05) is 20.3 Å². The van der Waals surface area contributed by atoms with Gasteiger partial charge in [0.05, 0.1) is 7.11 Å². The van der Waals surface area contributed by atoms with E-state index in [2.05, 4.69) is 5.32 Å². The molecule has 6 heteroatoms. The molecule has 0 unspecified atom stereocenters. The Morgan fingerprint density at radius 1 is 1.12 bits per heavy atom. The molecule has 0 aliphatic heterocycles. The lowest BCUT2D eigenvalue weighted by atomic mass is 10.1. The van der Waals surface area contributed by atoms with Crippen LogP contribution in [0.1, 0.15) is 11.1 Å². The predicted octanol–water partition coefficient (Wildman–Crippen LogP) is 2.03. The van der Waals surface area contributed by atoms with Crippen molar-refractivity contribution >= 4 is 5.91 Å². The monoisotopic (exact) mass is 332 g/mol. The van der Waals surface area contributed by atoms with Crippen LogP contribution in [-0.2, 0) is 17.8 Å². The van der Waals surface area contributed by atoms with Gasteiger partial charge in [0.15, 0.2) is 18.1 Å². The number of hydrogen-bond donors (Lipinski definition) is 2. The van der Waals surface area contributed by atoms with Crippen LogP contribution >= 0.6 is 0 Å². The van der Waals surface area contributed by atoms with Gasteiger partial charge in [0.2, 0.25) is 0 Å². The van der Waals surface area contributed by atoms with Crippen molar-refractivity contribution in [2.45, 2.75) is 13.0 Å². The van der Waals surface area contributed by atoms with Crippen molar-refractivity contribution in [3.63, 3.8) is 0 Å². The van der Waals surface area contributed by atoms with Crippen LogP contribution in [0.25, 0.3) is 0 Å². The van der Waals surface area contributed by atoms with E-state index in [1.807, 2.05) is 12.1 Å². The van der Waals surface area contributed by atoms with Crippen LogP contribution in [0.4, 0.5) is 4.39 Å². The molecular weight excluding hydrogens is 311 g/mol. The van der Waals surface area contributed by atoms with Crippen LogP contribution in [-0.4, -0.2) is 26.2 Å². The summed E-state index contributed by atoms with van der Waals surface area (Å²) in [5.41, 5.74) is 7.17. The molecule has 1 amide bonds. The number of primary amides is 1. The topological polar surface area (TPSA) is 73.6 Å². The third-order valence-corrected chi connectivity index (χ3v) is 3.43. The average Bonchev–Trinajstić information content (AvgIpc) is 2.58. The molecule has 0 radical (unpaired) electrons. The SMILES string of the molecule is COc1cc(CNCCc2ccc(F)cc2)ccc1OCC(N)=O. The molecule has 0 atom stereocenters. The van der Waals surface area contributed by atoms with Gasteiger partial charge < -0.3 is 20.5 Å². The maximum absolute atomic E-state index is 12.8. The van der Waals surface area contributed by atoms with Gasteiger partial charge in [-0.1, -0.05) is 18.2 Å². The highest BCUT2D eigenvalue weighted by atomic mass is 19.1. The Morgan fingerprint density at radius 2 is 1.83 bits per heavy atom. The van der Waals surface area contributed by atoms with Crippen molar-refractivity contribution in [3.05, 3.63) is 59.4 Å². The Bertz CT molecular complexity index is 674. The molecule has 0 bridgehead atoms. The number of amides is 1. The van der Waals surface area contributed by atoms with Gasteiger partial charge in [-0.3, -0.25) is 4.79 Å². The fraction of sp³-hybridized carbons (Fsp3) is 0.278. The van der Waals surface area contributed by atoms with E-state index in [1.165, 1.54) is 19.2 Å². The van der Waals surface area contributed by atoms with E-state index in [0.717, 1.165) is 24.1 Å². The molecular formula is C18H21FN2O3. The lowest BCUT2D eigenvalue weighted by Crippen LogP contribution is -2.20. The number of halogens is 1. The second kappa shape index (κ2) is 8.88. The zero-order valence-corrected chi connectivity index (χ0v) is 13.5. The molecule has 24 heavy (non-hydrogen) atoms. The van der Waals surface area contributed by atoms with Crippen molar-refractivity contribution in [2.24, 2.45) is 5.73 Å². The highest BCUT2D eigenvalue weighted by Gasteiger charge is 2.07. The van der Waals surface area contributed by atoms with Crippen molar-refractivity contribution in [1.29, 1.82) is 0 Å². The normalized spacial score (nSPS) is 10.4. The van der Waals surface area contributed by atoms with E-state index < -0.39 is 5.91 Å². The average molecular weight is 332 g/mol. The Morgan fingerprint density at radius 3 is 2.50 bits per heavy atom. The van der Waals surface area contributed by atoms with Crippen LogP contribution in [0.2, 0.25) is 0 Å². The molecule has 2 rings (SSSR count). The molecule has 0 saturated carbocycles. The predicted molar refractivity (Wildman–Crippen MR) is 89.5 cm³/mol. The fourth-order valence-electron chi connectivity index (χ4n) is 2.21. The highest BCUT2D eigenvalue weighted by Crippen LogP contribution is 2.27. The summed E-state index contributed by atoms with van der Waals surface area (Å²) in [6.45, 7) is 1.24. The second-order valence-electron chi connectivity index (χ2n) is 5.29. The summed E-state index contributed by atoms with van der Waals surface area (Å²) in [6, 6.07) is 12.0. The van der Waals surface area contributed by atoms with Gasteiger partial charge in [-0.05, 0) is 48.4 Å². The number of nitrogens with two attached hydrogens (primary N) is 1. The third kappa shape index (κ3) is 5.55. The quantitative estimate of drug-likeness (QED) is 0.689. The minimum absolute atomic E-state index is 0.189. The van der Waals surface area contributed by atoms with Gasteiger partial charge >= 0.3 is 0 Å². The van der Waals surface area contributed by atoms with Gasteiger partial charge in [0, 0.05) is 6.54 Å². The molecule has 0 fully saturated rings. The Kier molecular flexibility index (Phi) is 6.57. The lowest BCUT2D eigenvalue weighted by molar-refractivity contribution is -0.119. The summed E-state index contributed by atoms with van der Waals surface area (Å²) in [5.74, 6) is 0.265. The van der Waals surface area contributed by atoms with Gasteiger partial charge in [0.25, 0.3) is 5.91 Å². The molecule has 2 aromatic carbocycles. The lowest BCUT2D eigenvalue weighted by Gasteiger charge is -2.12. The Balaban J connectivity index is 1.83. The molecule has 128 valence electrons. The minimum atomic E-state index is -0.538. The second-order valence-corrected chi connectivity index (χ2v) is 5.29. The van der Waals surface area contributed by atoms with E-state index in [0.29, 0.717) is 18.0 Å².